The summed E-state index contributed by atoms with van der Waals surface area (Å²) in [6.07, 6.45) is 2.94. The summed E-state index contributed by atoms with van der Waals surface area (Å²) in [4.78, 5) is 11.3. The SMILES string of the molecule is COCCCOCCOC(=O)C(N)C1CC1. The van der Waals surface area contributed by atoms with Gasteiger partial charge in [-0.1, -0.05) is 0 Å². The summed E-state index contributed by atoms with van der Waals surface area (Å²) >= 11 is 0. The molecule has 1 rings (SSSR count). The third-order valence-corrected chi connectivity index (χ3v) is 2.51. The Morgan fingerprint density at radius 1 is 1.31 bits per heavy atom. The van der Waals surface area contributed by atoms with Crippen LogP contribution in [0.5, 0.6) is 0 Å². The second kappa shape index (κ2) is 7.60. The summed E-state index contributed by atoms with van der Waals surface area (Å²) in [5.74, 6) is 0.0399. The molecule has 2 N–H and O–H groups in total. The number of ether oxygens (including phenoxy) is 3. The molecule has 1 fully saturated rings. The Labute approximate surface area is 96.2 Å². The first-order chi connectivity index (χ1) is 7.75. The van der Waals surface area contributed by atoms with Crippen molar-refractivity contribution in [3.05, 3.63) is 0 Å². The van der Waals surface area contributed by atoms with Crippen LogP contribution in [0, 0.1) is 5.92 Å². The molecular formula is C11H21NO4. The van der Waals surface area contributed by atoms with E-state index in [2.05, 4.69) is 0 Å². The normalized spacial score (nSPS) is 17.1. The number of rotatable bonds is 9. The van der Waals surface area contributed by atoms with E-state index in [4.69, 9.17) is 19.9 Å². The summed E-state index contributed by atoms with van der Waals surface area (Å²) in [5.41, 5.74) is 5.67. The van der Waals surface area contributed by atoms with Gasteiger partial charge < -0.3 is 19.9 Å². The van der Waals surface area contributed by atoms with E-state index < -0.39 is 6.04 Å². The average Bonchev–Trinajstić information content (AvgIpc) is 3.10. The third-order valence-electron chi connectivity index (χ3n) is 2.51. The Hall–Kier alpha value is -0.650. The predicted molar refractivity (Wildman–Crippen MR) is 59.0 cm³/mol. The van der Waals surface area contributed by atoms with Gasteiger partial charge in [-0.3, -0.25) is 4.79 Å². The number of carbonyl (C=O) groups is 1. The Balaban J connectivity index is 1.88. The Bertz CT molecular complexity index is 206. The largest absolute Gasteiger partial charge is 0.462 e. The quantitative estimate of drug-likeness (QED) is 0.457. The van der Waals surface area contributed by atoms with E-state index in [0.29, 0.717) is 25.7 Å². The van der Waals surface area contributed by atoms with Crippen LogP contribution in [-0.4, -0.2) is 45.5 Å². The van der Waals surface area contributed by atoms with E-state index in [1.807, 2.05) is 0 Å². The fourth-order valence-electron chi connectivity index (χ4n) is 1.35. The van der Waals surface area contributed by atoms with Crippen molar-refractivity contribution in [2.45, 2.75) is 25.3 Å². The highest BCUT2D eigenvalue weighted by Crippen LogP contribution is 2.31. The summed E-state index contributed by atoms with van der Waals surface area (Å²) in [6.45, 7) is 2.02. The molecule has 1 aliphatic rings. The first-order valence-corrected chi connectivity index (χ1v) is 5.74. The Kier molecular flexibility index (Phi) is 6.37. The van der Waals surface area contributed by atoms with Gasteiger partial charge in [0, 0.05) is 20.3 Å². The molecule has 1 atom stereocenters. The first-order valence-electron chi connectivity index (χ1n) is 5.74. The molecule has 0 amide bonds. The smallest absolute Gasteiger partial charge is 0.323 e. The molecule has 94 valence electrons. The van der Waals surface area contributed by atoms with Gasteiger partial charge in [0.25, 0.3) is 0 Å². The Morgan fingerprint density at radius 2 is 2.06 bits per heavy atom. The molecule has 0 aromatic heterocycles. The minimum Gasteiger partial charge on any atom is -0.462 e. The highest BCUT2D eigenvalue weighted by Gasteiger charge is 2.34. The second-order valence-corrected chi connectivity index (χ2v) is 3.99. The van der Waals surface area contributed by atoms with Crippen LogP contribution in [0.1, 0.15) is 19.3 Å². The van der Waals surface area contributed by atoms with Gasteiger partial charge in [0.05, 0.1) is 6.61 Å². The standard InChI is InChI=1S/C11H21NO4/c1-14-5-2-6-15-7-8-16-11(13)10(12)9-3-4-9/h9-10H,2-8,12H2,1H3. The second-order valence-electron chi connectivity index (χ2n) is 3.99. The van der Waals surface area contributed by atoms with Crippen molar-refractivity contribution < 1.29 is 19.0 Å². The van der Waals surface area contributed by atoms with E-state index in [1.165, 1.54) is 0 Å². The Morgan fingerprint density at radius 3 is 2.69 bits per heavy atom. The minimum absolute atomic E-state index is 0.284. The summed E-state index contributed by atoms with van der Waals surface area (Å²) in [6, 6.07) is -0.437. The number of hydrogen-bond donors (Lipinski definition) is 1. The molecular weight excluding hydrogens is 210 g/mol. The van der Waals surface area contributed by atoms with Crippen LogP contribution in [0.4, 0.5) is 0 Å². The molecule has 16 heavy (non-hydrogen) atoms. The zero-order valence-corrected chi connectivity index (χ0v) is 9.81. The van der Waals surface area contributed by atoms with Crippen LogP contribution < -0.4 is 5.73 Å². The molecule has 0 radical (unpaired) electrons. The molecule has 0 aliphatic heterocycles. The van der Waals surface area contributed by atoms with E-state index in [9.17, 15) is 4.79 Å². The average molecular weight is 231 g/mol. The van der Waals surface area contributed by atoms with E-state index in [0.717, 1.165) is 19.3 Å². The van der Waals surface area contributed by atoms with Crippen LogP contribution in [0.15, 0.2) is 0 Å². The van der Waals surface area contributed by atoms with Crippen LogP contribution in [0.3, 0.4) is 0 Å². The van der Waals surface area contributed by atoms with Crippen LogP contribution in [0.2, 0.25) is 0 Å². The van der Waals surface area contributed by atoms with Crippen molar-refractivity contribution in [1.82, 2.24) is 0 Å². The predicted octanol–water partition coefficient (Wildman–Crippen LogP) is 0.320. The van der Waals surface area contributed by atoms with Crippen LogP contribution in [0.25, 0.3) is 0 Å². The van der Waals surface area contributed by atoms with Gasteiger partial charge in [-0.25, -0.2) is 0 Å². The fraction of sp³-hybridized carbons (Fsp3) is 0.909. The highest BCUT2D eigenvalue weighted by atomic mass is 16.6. The number of nitrogens with two attached hydrogens (primary N) is 1. The van der Waals surface area contributed by atoms with Gasteiger partial charge >= 0.3 is 5.97 Å². The molecule has 0 heterocycles. The first kappa shape index (κ1) is 13.4. The van der Waals surface area contributed by atoms with E-state index in [1.54, 1.807) is 7.11 Å². The lowest BCUT2D eigenvalue weighted by Crippen LogP contribution is -2.34. The van der Waals surface area contributed by atoms with Gasteiger partial charge in [-0.2, -0.15) is 0 Å². The maximum Gasteiger partial charge on any atom is 0.323 e. The molecule has 1 unspecified atom stereocenters. The van der Waals surface area contributed by atoms with Gasteiger partial charge in [-0.15, -0.1) is 0 Å². The monoisotopic (exact) mass is 231 g/mol. The summed E-state index contributed by atoms with van der Waals surface area (Å²) < 4.78 is 15.1. The molecule has 5 heteroatoms. The van der Waals surface area contributed by atoms with Crippen molar-refractivity contribution >= 4 is 5.97 Å². The van der Waals surface area contributed by atoms with Gasteiger partial charge in [-0.05, 0) is 25.2 Å². The molecule has 0 spiro atoms. The van der Waals surface area contributed by atoms with Crippen molar-refractivity contribution in [3.8, 4) is 0 Å². The summed E-state index contributed by atoms with van der Waals surface area (Å²) in [5, 5.41) is 0. The highest BCUT2D eigenvalue weighted by molar-refractivity contribution is 5.76. The van der Waals surface area contributed by atoms with E-state index >= 15 is 0 Å². The molecule has 1 saturated carbocycles. The zero-order valence-electron chi connectivity index (χ0n) is 9.81. The lowest BCUT2D eigenvalue weighted by atomic mass is 10.2. The lowest BCUT2D eigenvalue weighted by molar-refractivity contribution is -0.147. The van der Waals surface area contributed by atoms with Gasteiger partial charge in [0.15, 0.2) is 0 Å². The number of methoxy groups -OCH3 is 1. The fourth-order valence-corrected chi connectivity index (χ4v) is 1.35. The number of hydrogen-bond acceptors (Lipinski definition) is 5. The molecule has 0 bridgehead atoms. The molecule has 0 aromatic carbocycles. The van der Waals surface area contributed by atoms with Crippen LogP contribution >= 0.6 is 0 Å². The molecule has 0 saturated heterocycles. The van der Waals surface area contributed by atoms with Gasteiger partial charge in [0.2, 0.25) is 0 Å². The maximum atomic E-state index is 11.3. The molecule has 0 aromatic rings. The minimum atomic E-state index is -0.437. The molecule has 5 nitrogen and oxygen atoms in total. The van der Waals surface area contributed by atoms with Gasteiger partial charge in [0.1, 0.15) is 12.6 Å². The maximum absolute atomic E-state index is 11.3. The molecule has 1 aliphatic carbocycles. The number of carbonyl (C=O) groups excluding carboxylic acids is 1. The number of esters is 1. The van der Waals surface area contributed by atoms with Crippen LogP contribution in [-0.2, 0) is 19.0 Å². The van der Waals surface area contributed by atoms with Crippen molar-refractivity contribution in [3.63, 3.8) is 0 Å². The van der Waals surface area contributed by atoms with E-state index in [-0.39, 0.29) is 12.6 Å². The van der Waals surface area contributed by atoms with Crippen molar-refractivity contribution in [2.75, 3.05) is 33.5 Å². The summed E-state index contributed by atoms with van der Waals surface area (Å²) in [7, 11) is 1.65. The lowest BCUT2D eigenvalue weighted by Gasteiger charge is -2.10. The third kappa shape index (κ3) is 5.44. The zero-order chi connectivity index (χ0) is 11.8. The van der Waals surface area contributed by atoms with Crippen molar-refractivity contribution in [2.24, 2.45) is 11.7 Å². The topological polar surface area (TPSA) is 70.8 Å². The van der Waals surface area contributed by atoms with Crippen molar-refractivity contribution in [1.29, 1.82) is 0 Å².